The molecule has 0 fully saturated rings. The lowest BCUT2D eigenvalue weighted by molar-refractivity contribution is 0.0950. The molecule has 2 aromatic heterocycles. The number of aromatic amines is 1. The van der Waals surface area contributed by atoms with E-state index in [2.05, 4.69) is 43.1 Å². The summed E-state index contributed by atoms with van der Waals surface area (Å²) in [5.41, 5.74) is 6.11. The smallest absolute Gasteiger partial charge is 0.251 e. The fourth-order valence-electron chi connectivity index (χ4n) is 2.82. The molecule has 0 unspecified atom stereocenters. The largest absolute Gasteiger partial charge is 0.346 e. The highest BCUT2D eigenvalue weighted by Crippen LogP contribution is 2.37. The number of carbonyl (C=O) groups excluding carboxylic acids is 1. The van der Waals surface area contributed by atoms with Crippen LogP contribution in [0, 0.1) is 3.70 Å². The Bertz CT molecular complexity index is 889. The monoisotopic (exact) mass is 416 g/mol. The zero-order chi connectivity index (χ0) is 15.8. The minimum atomic E-state index is -0.0816. The van der Waals surface area contributed by atoms with Crippen LogP contribution in [-0.4, -0.2) is 21.1 Å². The Labute approximate surface area is 146 Å². The second-order valence-corrected chi connectivity index (χ2v) is 6.44. The first kappa shape index (κ1) is 14.4. The number of aromatic nitrogens is 3. The summed E-state index contributed by atoms with van der Waals surface area (Å²) in [7, 11) is 0. The summed E-state index contributed by atoms with van der Waals surface area (Å²) in [6, 6.07) is 11.5. The zero-order valence-electron chi connectivity index (χ0n) is 12.1. The molecule has 3 aromatic rings. The molecule has 0 aliphatic heterocycles. The van der Waals surface area contributed by atoms with Gasteiger partial charge in [0.2, 0.25) is 0 Å². The van der Waals surface area contributed by atoms with Crippen molar-refractivity contribution in [2.75, 3.05) is 0 Å². The second kappa shape index (κ2) is 5.77. The first-order valence-electron chi connectivity index (χ1n) is 7.26. The summed E-state index contributed by atoms with van der Waals surface area (Å²) in [5, 5.41) is 10.2. The standard InChI is InChI=1S/C17H13IN4O/c18-16-14-8-11-7-10(4-5-13(11)15(14)21-22-16)17(23)20-9-12-3-1-2-6-19-12/h1-7H,8-9H2,(H,20,23)(H,21,22). The number of benzene rings is 1. The van der Waals surface area contributed by atoms with Crippen molar-refractivity contribution in [1.82, 2.24) is 20.5 Å². The van der Waals surface area contributed by atoms with Gasteiger partial charge in [0, 0.05) is 29.3 Å². The van der Waals surface area contributed by atoms with Crippen molar-refractivity contribution >= 4 is 28.5 Å². The van der Waals surface area contributed by atoms with Crippen molar-refractivity contribution in [2.45, 2.75) is 13.0 Å². The topological polar surface area (TPSA) is 70.7 Å². The lowest BCUT2D eigenvalue weighted by Gasteiger charge is -2.07. The van der Waals surface area contributed by atoms with Gasteiger partial charge in [-0.15, -0.1) is 0 Å². The molecule has 0 atom stereocenters. The summed E-state index contributed by atoms with van der Waals surface area (Å²) in [5.74, 6) is -0.0816. The molecule has 2 heterocycles. The van der Waals surface area contributed by atoms with Crippen LogP contribution >= 0.6 is 22.6 Å². The van der Waals surface area contributed by atoms with Crippen molar-refractivity contribution in [2.24, 2.45) is 0 Å². The summed E-state index contributed by atoms with van der Waals surface area (Å²) >= 11 is 2.23. The molecule has 1 aliphatic rings. The van der Waals surface area contributed by atoms with Gasteiger partial charge < -0.3 is 5.32 Å². The van der Waals surface area contributed by atoms with Crippen LogP contribution in [0.2, 0.25) is 0 Å². The van der Waals surface area contributed by atoms with Gasteiger partial charge in [-0.2, -0.15) is 5.10 Å². The van der Waals surface area contributed by atoms with Crippen LogP contribution in [0.5, 0.6) is 0 Å². The van der Waals surface area contributed by atoms with Crippen LogP contribution in [0.3, 0.4) is 0 Å². The molecular formula is C17H13IN4O. The third-order valence-electron chi connectivity index (χ3n) is 3.98. The molecule has 0 spiro atoms. The van der Waals surface area contributed by atoms with E-state index in [0.29, 0.717) is 12.1 Å². The molecule has 0 saturated carbocycles. The molecule has 1 amide bonds. The van der Waals surface area contributed by atoms with Crippen molar-refractivity contribution < 1.29 is 4.79 Å². The highest BCUT2D eigenvalue weighted by molar-refractivity contribution is 14.1. The van der Waals surface area contributed by atoms with E-state index in [1.54, 1.807) is 6.20 Å². The number of halogens is 1. The van der Waals surface area contributed by atoms with Crippen molar-refractivity contribution in [3.63, 3.8) is 0 Å². The molecule has 0 radical (unpaired) electrons. The van der Waals surface area contributed by atoms with Crippen LogP contribution in [0.25, 0.3) is 11.3 Å². The number of carbonyl (C=O) groups is 1. The Morgan fingerprint density at radius 3 is 3.04 bits per heavy atom. The fraction of sp³-hybridized carbons (Fsp3) is 0.118. The quantitative estimate of drug-likeness (QED) is 0.505. The van der Waals surface area contributed by atoms with E-state index in [4.69, 9.17) is 0 Å². The lowest BCUT2D eigenvalue weighted by Crippen LogP contribution is -2.23. The maximum absolute atomic E-state index is 12.3. The Morgan fingerprint density at radius 1 is 1.30 bits per heavy atom. The third-order valence-corrected chi connectivity index (χ3v) is 4.87. The summed E-state index contributed by atoms with van der Waals surface area (Å²) in [4.78, 5) is 16.5. The zero-order valence-corrected chi connectivity index (χ0v) is 14.3. The van der Waals surface area contributed by atoms with E-state index in [0.717, 1.165) is 32.6 Å². The average molecular weight is 416 g/mol. The number of nitrogens with zero attached hydrogens (tertiary/aromatic N) is 2. The molecule has 5 nitrogen and oxygen atoms in total. The maximum Gasteiger partial charge on any atom is 0.251 e. The number of amides is 1. The second-order valence-electron chi connectivity index (χ2n) is 5.42. The van der Waals surface area contributed by atoms with Crippen molar-refractivity contribution in [3.05, 3.63) is 68.7 Å². The molecule has 1 aromatic carbocycles. The van der Waals surface area contributed by atoms with E-state index in [-0.39, 0.29) is 5.91 Å². The van der Waals surface area contributed by atoms with E-state index < -0.39 is 0 Å². The van der Waals surface area contributed by atoms with Gasteiger partial charge in [-0.05, 0) is 52.4 Å². The van der Waals surface area contributed by atoms with Gasteiger partial charge >= 0.3 is 0 Å². The Balaban J connectivity index is 1.52. The Morgan fingerprint density at radius 2 is 2.22 bits per heavy atom. The number of nitrogens with one attached hydrogen (secondary N) is 2. The predicted molar refractivity (Wildman–Crippen MR) is 95.0 cm³/mol. The van der Waals surface area contributed by atoms with E-state index in [1.807, 2.05) is 36.4 Å². The number of H-pyrrole nitrogens is 1. The summed E-state index contributed by atoms with van der Waals surface area (Å²) in [6.45, 7) is 0.428. The first-order valence-corrected chi connectivity index (χ1v) is 8.34. The molecule has 0 saturated heterocycles. The summed E-state index contributed by atoms with van der Waals surface area (Å²) in [6.07, 6.45) is 2.54. The molecule has 2 N–H and O–H groups in total. The van der Waals surface area contributed by atoms with Gasteiger partial charge in [0.1, 0.15) is 3.70 Å². The summed E-state index contributed by atoms with van der Waals surface area (Å²) < 4.78 is 0.995. The fourth-order valence-corrected chi connectivity index (χ4v) is 3.40. The first-order chi connectivity index (χ1) is 11.2. The van der Waals surface area contributed by atoms with Crippen LogP contribution < -0.4 is 5.32 Å². The minimum absolute atomic E-state index is 0.0816. The highest BCUT2D eigenvalue weighted by Gasteiger charge is 2.24. The number of fused-ring (bicyclic) bond motifs is 3. The maximum atomic E-state index is 12.3. The minimum Gasteiger partial charge on any atom is -0.346 e. The number of pyridine rings is 1. The van der Waals surface area contributed by atoms with Gasteiger partial charge in [-0.1, -0.05) is 12.1 Å². The number of hydrogen-bond donors (Lipinski definition) is 2. The Kier molecular flexibility index (Phi) is 3.60. The van der Waals surface area contributed by atoms with Crippen LogP contribution in [0.1, 0.15) is 27.2 Å². The van der Waals surface area contributed by atoms with Gasteiger partial charge in [-0.3, -0.25) is 14.9 Å². The number of hydrogen-bond acceptors (Lipinski definition) is 3. The molecule has 0 bridgehead atoms. The normalized spacial score (nSPS) is 11.9. The molecular weight excluding hydrogens is 403 g/mol. The SMILES string of the molecule is O=C(NCc1ccccn1)c1ccc2c(c1)Cc1c(I)n[nH]c1-2. The van der Waals surface area contributed by atoms with E-state index in [9.17, 15) is 4.79 Å². The molecule has 4 rings (SSSR count). The van der Waals surface area contributed by atoms with Crippen molar-refractivity contribution in [3.8, 4) is 11.3 Å². The molecule has 1 aliphatic carbocycles. The van der Waals surface area contributed by atoms with Gasteiger partial charge in [0.05, 0.1) is 17.9 Å². The van der Waals surface area contributed by atoms with Crippen LogP contribution in [-0.2, 0) is 13.0 Å². The highest BCUT2D eigenvalue weighted by atomic mass is 127. The van der Waals surface area contributed by atoms with Crippen LogP contribution in [0.4, 0.5) is 0 Å². The molecule has 114 valence electrons. The van der Waals surface area contributed by atoms with E-state index >= 15 is 0 Å². The number of rotatable bonds is 3. The van der Waals surface area contributed by atoms with Gasteiger partial charge in [0.15, 0.2) is 0 Å². The van der Waals surface area contributed by atoms with Crippen LogP contribution in [0.15, 0.2) is 42.6 Å². The predicted octanol–water partition coefficient (Wildman–Crippen LogP) is 2.91. The molecule has 6 heteroatoms. The van der Waals surface area contributed by atoms with Gasteiger partial charge in [-0.25, -0.2) is 0 Å². The Hall–Kier alpha value is -2.22. The lowest BCUT2D eigenvalue weighted by atomic mass is 10.1. The van der Waals surface area contributed by atoms with Gasteiger partial charge in [0.25, 0.3) is 5.91 Å². The average Bonchev–Trinajstić information content (AvgIpc) is 3.13. The van der Waals surface area contributed by atoms with Crippen molar-refractivity contribution in [1.29, 1.82) is 0 Å². The molecule has 23 heavy (non-hydrogen) atoms. The third kappa shape index (κ3) is 2.63. The van der Waals surface area contributed by atoms with E-state index in [1.165, 1.54) is 5.56 Å².